The molecule has 1 aliphatic heterocycles. The molecule has 17 heavy (non-hydrogen) atoms. The number of rotatable bonds is 5. The standard InChI is InChI=1S/C12H23F3N2/c1-3-4-5-17-7-10(2)6-11(8-17)16-9-12(13,14)15/h10-11,16H,3-9H2,1-2H3. The van der Waals surface area contributed by atoms with Gasteiger partial charge in [-0.1, -0.05) is 20.3 Å². The Bertz CT molecular complexity index is 218. The molecule has 0 amide bonds. The normalized spacial score (nSPS) is 27.4. The van der Waals surface area contributed by atoms with E-state index in [-0.39, 0.29) is 6.04 Å². The lowest BCUT2D eigenvalue weighted by atomic mass is 9.95. The van der Waals surface area contributed by atoms with Crippen molar-refractivity contribution in [2.24, 2.45) is 5.92 Å². The Balaban J connectivity index is 2.34. The van der Waals surface area contributed by atoms with E-state index in [1.54, 1.807) is 0 Å². The lowest BCUT2D eigenvalue weighted by molar-refractivity contribution is -0.127. The van der Waals surface area contributed by atoms with Gasteiger partial charge in [-0.05, 0) is 25.3 Å². The summed E-state index contributed by atoms with van der Waals surface area (Å²) in [6.07, 6.45) is -1.00. The summed E-state index contributed by atoms with van der Waals surface area (Å²) in [5.41, 5.74) is 0. The number of nitrogens with zero attached hydrogens (tertiary/aromatic N) is 1. The monoisotopic (exact) mass is 252 g/mol. The molecule has 0 aromatic heterocycles. The van der Waals surface area contributed by atoms with Crippen molar-refractivity contribution < 1.29 is 13.2 Å². The van der Waals surface area contributed by atoms with Gasteiger partial charge in [0.05, 0.1) is 6.54 Å². The van der Waals surface area contributed by atoms with Gasteiger partial charge in [0, 0.05) is 19.1 Å². The van der Waals surface area contributed by atoms with Crippen LogP contribution in [-0.4, -0.2) is 43.3 Å². The highest BCUT2D eigenvalue weighted by atomic mass is 19.4. The molecule has 0 spiro atoms. The van der Waals surface area contributed by atoms with Gasteiger partial charge in [0.25, 0.3) is 0 Å². The maximum absolute atomic E-state index is 12.1. The molecule has 1 N–H and O–H groups in total. The SMILES string of the molecule is CCCCN1CC(C)CC(NCC(F)(F)F)C1. The number of unbranched alkanes of at least 4 members (excludes halogenated alkanes) is 1. The fourth-order valence-electron chi connectivity index (χ4n) is 2.43. The van der Waals surface area contributed by atoms with Gasteiger partial charge in [-0.15, -0.1) is 0 Å². The van der Waals surface area contributed by atoms with Crippen LogP contribution in [0.3, 0.4) is 0 Å². The van der Waals surface area contributed by atoms with E-state index in [4.69, 9.17) is 0 Å². The first-order valence-electron chi connectivity index (χ1n) is 6.43. The van der Waals surface area contributed by atoms with Crippen molar-refractivity contribution in [2.75, 3.05) is 26.2 Å². The minimum atomic E-state index is -4.10. The molecule has 0 radical (unpaired) electrons. The maximum atomic E-state index is 12.1. The molecule has 1 saturated heterocycles. The summed E-state index contributed by atoms with van der Waals surface area (Å²) in [5, 5.41) is 2.63. The first-order valence-corrected chi connectivity index (χ1v) is 6.43. The average Bonchev–Trinajstić information content (AvgIpc) is 2.22. The number of hydrogen-bond donors (Lipinski definition) is 1. The Hall–Kier alpha value is -0.290. The van der Waals surface area contributed by atoms with Gasteiger partial charge < -0.3 is 10.2 Å². The molecule has 0 aromatic rings. The molecule has 0 bridgehead atoms. The zero-order chi connectivity index (χ0) is 12.9. The summed E-state index contributed by atoms with van der Waals surface area (Å²) in [7, 11) is 0. The number of likely N-dealkylation sites (tertiary alicyclic amines) is 1. The van der Waals surface area contributed by atoms with Crippen LogP contribution in [0.1, 0.15) is 33.1 Å². The quantitative estimate of drug-likeness (QED) is 0.809. The number of nitrogens with one attached hydrogen (secondary N) is 1. The number of halogens is 3. The maximum Gasteiger partial charge on any atom is 0.401 e. The lowest BCUT2D eigenvalue weighted by Crippen LogP contribution is -2.50. The lowest BCUT2D eigenvalue weighted by Gasteiger charge is -2.37. The molecular weight excluding hydrogens is 229 g/mol. The summed E-state index contributed by atoms with van der Waals surface area (Å²) in [4.78, 5) is 2.28. The van der Waals surface area contributed by atoms with Crippen LogP contribution in [0.4, 0.5) is 13.2 Å². The fraction of sp³-hybridized carbons (Fsp3) is 1.00. The van der Waals surface area contributed by atoms with Crippen LogP contribution in [0.5, 0.6) is 0 Å². The van der Waals surface area contributed by atoms with Crippen molar-refractivity contribution in [3.63, 3.8) is 0 Å². The van der Waals surface area contributed by atoms with E-state index in [2.05, 4.69) is 24.1 Å². The van der Waals surface area contributed by atoms with Crippen molar-refractivity contribution in [3.05, 3.63) is 0 Å². The second-order valence-electron chi connectivity index (χ2n) is 5.15. The Morgan fingerprint density at radius 2 is 2.00 bits per heavy atom. The van der Waals surface area contributed by atoms with Gasteiger partial charge in [0.1, 0.15) is 0 Å². The number of hydrogen-bond acceptors (Lipinski definition) is 2. The van der Waals surface area contributed by atoms with Crippen LogP contribution < -0.4 is 5.32 Å². The van der Waals surface area contributed by atoms with Crippen LogP contribution >= 0.6 is 0 Å². The highest BCUT2D eigenvalue weighted by Gasteiger charge is 2.30. The van der Waals surface area contributed by atoms with Crippen molar-refractivity contribution in [1.82, 2.24) is 10.2 Å². The van der Waals surface area contributed by atoms with E-state index in [1.807, 2.05) is 0 Å². The molecule has 102 valence electrons. The number of piperidine rings is 1. The van der Waals surface area contributed by atoms with Crippen molar-refractivity contribution in [1.29, 1.82) is 0 Å². The van der Waals surface area contributed by atoms with E-state index in [1.165, 1.54) is 0 Å². The second kappa shape index (κ2) is 6.59. The van der Waals surface area contributed by atoms with E-state index in [9.17, 15) is 13.2 Å². The predicted octanol–water partition coefficient (Wildman–Crippen LogP) is 2.65. The van der Waals surface area contributed by atoms with Crippen LogP contribution in [0.15, 0.2) is 0 Å². The highest BCUT2D eigenvalue weighted by Crippen LogP contribution is 2.19. The van der Waals surface area contributed by atoms with Gasteiger partial charge in [-0.25, -0.2) is 0 Å². The molecule has 1 rings (SSSR count). The average molecular weight is 252 g/mol. The Labute approximate surface area is 102 Å². The zero-order valence-electron chi connectivity index (χ0n) is 10.7. The third-order valence-electron chi connectivity index (χ3n) is 3.15. The molecule has 5 heteroatoms. The second-order valence-corrected chi connectivity index (χ2v) is 5.15. The van der Waals surface area contributed by atoms with E-state index < -0.39 is 12.7 Å². The van der Waals surface area contributed by atoms with Gasteiger partial charge >= 0.3 is 6.18 Å². The molecular formula is C12H23F3N2. The summed E-state index contributed by atoms with van der Waals surface area (Å²) >= 11 is 0. The van der Waals surface area contributed by atoms with Gasteiger partial charge in [0.15, 0.2) is 0 Å². The first-order chi connectivity index (χ1) is 7.90. The van der Waals surface area contributed by atoms with Crippen molar-refractivity contribution >= 4 is 0 Å². The Morgan fingerprint density at radius 1 is 1.29 bits per heavy atom. The van der Waals surface area contributed by atoms with Crippen molar-refractivity contribution in [2.45, 2.75) is 45.3 Å². The number of alkyl halides is 3. The summed E-state index contributed by atoms with van der Waals surface area (Å²) in [6, 6.07) is -0.0165. The first kappa shape index (κ1) is 14.8. The Morgan fingerprint density at radius 3 is 2.59 bits per heavy atom. The van der Waals surface area contributed by atoms with Crippen LogP contribution in [0.2, 0.25) is 0 Å². The summed E-state index contributed by atoms with van der Waals surface area (Å²) in [6.45, 7) is 6.15. The molecule has 1 aliphatic rings. The molecule has 1 heterocycles. The van der Waals surface area contributed by atoms with Gasteiger partial charge in [-0.3, -0.25) is 0 Å². The molecule has 2 nitrogen and oxygen atoms in total. The molecule has 0 aliphatic carbocycles. The highest BCUT2D eigenvalue weighted by molar-refractivity contribution is 4.82. The molecule has 0 saturated carbocycles. The van der Waals surface area contributed by atoms with Gasteiger partial charge in [0.2, 0.25) is 0 Å². The van der Waals surface area contributed by atoms with Crippen molar-refractivity contribution in [3.8, 4) is 0 Å². The summed E-state index contributed by atoms with van der Waals surface area (Å²) < 4.78 is 36.4. The topological polar surface area (TPSA) is 15.3 Å². The minimum Gasteiger partial charge on any atom is -0.305 e. The third kappa shape index (κ3) is 6.27. The van der Waals surface area contributed by atoms with Crippen LogP contribution in [0.25, 0.3) is 0 Å². The minimum absolute atomic E-state index is 0.0165. The zero-order valence-corrected chi connectivity index (χ0v) is 10.7. The third-order valence-corrected chi connectivity index (χ3v) is 3.15. The van der Waals surface area contributed by atoms with E-state index in [0.717, 1.165) is 38.9 Å². The molecule has 2 atom stereocenters. The predicted molar refractivity (Wildman–Crippen MR) is 63.0 cm³/mol. The summed E-state index contributed by atoms with van der Waals surface area (Å²) in [5.74, 6) is 0.478. The van der Waals surface area contributed by atoms with Crippen LogP contribution in [-0.2, 0) is 0 Å². The van der Waals surface area contributed by atoms with E-state index in [0.29, 0.717) is 5.92 Å². The van der Waals surface area contributed by atoms with Gasteiger partial charge in [-0.2, -0.15) is 13.2 Å². The van der Waals surface area contributed by atoms with Crippen LogP contribution in [0, 0.1) is 5.92 Å². The molecule has 1 fully saturated rings. The Kier molecular flexibility index (Phi) is 5.73. The van der Waals surface area contributed by atoms with E-state index >= 15 is 0 Å². The molecule has 0 aromatic carbocycles. The smallest absolute Gasteiger partial charge is 0.305 e. The largest absolute Gasteiger partial charge is 0.401 e. The molecule has 2 unspecified atom stereocenters. The fourth-order valence-corrected chi connectivity index (χ4v) is 2.43.